The van der Waals surface area contributed by atoms with Gasteiger partial charge in [-0.2, -0.15) is 0 Å². The number of hydrogen-bond acceptors (Lipinski definition) is 7. The number of ether oxygens (including phenoxy) is 2. The van der Waals surface area contributed by atoms with Gasteiger partial charge in [0.25, 0.3) is 0 Å². The molecule has 9 heteroatoms. The van der Waals surface area contributed by atoms with Crippen molar-refractivity contribution in [2.24, 2.45) is 0 Å². The summed E-state index contributed by atoms with van der Waals surface area (Å²) in [5.41, 5.74) is 2.68. The lowest BCUT2D eigenvalue weighted by atomic mass is 9.98. The van der Waals surface area contributed by atoms with Gasteiger partial charge in [-0.05, 0) is 94.7 Å². The zero-order valence-corrected chi connectivity index (χ0v) is 29.7. The minimum atomic E-state index is -0.803. The Morgan fingerprint density at radius 1 is 0.880 bits per heavy atom. The number of piperazine rings is 1. The monoisotopic (exact) mass is 680 g/mol. The van der Waals surface area contributed by atoms with E-state index >= 15 is 0 Å². The maximum Gasteiger partial charge on any atom is 0.411 e. The third-order valence-corrected chi connectivity index (χ3v) is 8.97. The van der Waals surface area contributed by atoms with Crippen LogP contribution in [0.25, 0.3) is 10.9 Å². The van der Waals surface area contributed by atoms with Crippen LogP contribution in [0.2, 0.25) is 0 Å². The molecule has 0 bridgehead atoms. The van der Waals surface area contributed by atoms with Gasteiger partial charge in [-0.25, -0.2) is 4.79 Å². The third kappa shape index (κ3) is 11.3. The molecular weight excluding hydrogens is 628 g/mol. The van der Waals surface area contributed by atoms with Crippen LogP contribution in [0.15, 0.2) is 97.2 Å². The fourth-order valence-electron chi connectivity index (χ4n) is 6.49. The zero-order chi connectivity index (χ0) is 35.3. The Morgan fingerprint density at radius 3 is 2.18 bits per heavy atom. The Labute approximate surface area is 296 Å². The van der Waals surface area contributed by atoms with E-state index in [2.05, 4.69) is 58.8 Å². The summed E-state index contributed by atoms with van der Waals surface area (Å²) in [6, 6.07) is 29.5. The lowest BCUT2D eigenvalue weighted by Gasteiger charge is -2.41. The van der Waals surface area contributed by atoms with Crippen molar-refractivity contribution in [1.82, 2.24) is 20.1 Å². The van der Waals surface area contributed by atoms with Crippen LogP contribution in [-0.4, -0.2) is 88.5 Å². The van der Waals surface area contributed by atoms with Gasteiger partial charge in [-0.3, -0.25) is 19.6 Å². The van der Waals surface area contributed by atoms with Crippen LogP contribution in [-0.2, 0) is 22.4 Å². The second kappa shape index (κ2) is 18.0. The molecule has 0 spiro atoms. The molecule has 0 saturated carbocycles. The van der Waals surface area contributed by atoms with Gasteiger partial charge in [-0.15, -0.1) is 0 Å². The SMILES string of the molecule is CC(C)(C)OC(=O)N1CCN(C[C@@H](O)COc2cccc3ncccc23)CC1C(=O)NC(CCCc1ccccc1)CCCc1ccccc1. The van der Waals surface area contributed by atoms with Crippen molar-refractivity contribution in [3.63, 3.8) is 0 Å². The summed E-state index contributed by atoms with van der Waals surface area (Å²) in [7, 11) is 0. The maximum atomic E-state index is 14.1. The number of aliphatic hydroxyl groups excluding tert-OH is 1. The van der Waals surface area contributed by atoms with E-state index in [0.29, 0.717) is 25.4 Å². The zero-order valence-electron chi connectivity index (χ0n) is 29.7. The summed E-state index contributed by atoms with van der Waals surface area (Å²) >= 11 is 0. The molecule has 1 aliphatic heterocycles. The van der Waals surface area contributed by atoms with Crippen molar-refractivity contribution in [3.05, 3.63) is 108 Å². The number of benzene rings is 3. The van der Waals surface area contributed by atoms with E-state index in [-0.39, 0.29) is 25.1 Å². The van der Waals surface area contributed by atoms with Gasteiger partial charge in [-0.1, -0.05) is 66.7 Å². The fraction of sp³-hybridized carbons (Fsp3) is 0.439. The number of amides is 2. The molecule has 1 aromatic heterocycles. The molecule has 5 rings (SSSR count). The van der Waals surface area contributed by atoms with Crippen LogP contribution in [0, 0.1) is 0 Å². The van der Waals surface area contributed by atoms with Crippen molar-refractivity contribution in [2.45, 2.75) is 83.1 Å². The van der Waals surface area contributed by atoms with Gasteiger partial charge in [0.05, 0.1) is 5.52 Å². The highest BCUT2D eigenvalue weighted by molar-refractivity contribution is 5.86. The Balaban J connectivity index is 1.24. The number of aliphatic hydroxyl groups is 1. The number of nitrogens with zero attached hydrogens (tertiary/aromatic N) is 3. The van der Waals surface area contributed by atoms with Crippen LogP contribution in [0.5, 0.6) is 5.75 Å². The Hall–Kier alpha value is -4.47. The standard InChI is InChI=1S/C41H52N4O5/c1-41(2,3)50-40(48)45-27-26-44(28-34(46)30-49-38-24-12-23-36-35(38)22-13-25-42-36)29-37(45)39(47)43-33(20-10-18-31-14-6-4-7-15-31)21-11-19-32-16-8-5-9-17-32/h4-9,12-17,22-25,33-34,37,46H,10-11,18-21,26-30H2,1-3H3,(H,43,47)/t34-,37?/m1/s1. The first kappa shape index (κ1) is 36.8. The number of nitrogens with one attached hydrogen (secondary N) is 1. The minimum absolute atomic E-state index is 0.0417. The van der Waals surface area contributed by atoms with E-state index in [1.54, 1.807) is 11.1 Å². The smallest absolute Gasteiger partial charge is 0.411 e. The molecule has 9 nitrogen and oxygen atoms in total. The van der Waals surface area contributed by atoms with Crippen LogP contribution in [0.4, 0.5) is 4.79 Å². The molecule has 1 unspecified atom stereocenters. The molecule has 50 heavy (non-hydrogen) atoms. The first-order valence-corrected chi connectivity index (χ1v) is 17.9. The number of hydrogen-bond donors (Lipinski definition) is 2. The number of aryl methyl sites for hydroxylation is 2. The van der Waals surface area contributed by atoms with Gasteiger partial charge in [0.2, 0.25) is 5.91 Å². The highest BCUT2D eigenvalue weighted by atomic mass is 16.6. The molecule has 0 aliphatic carbocycles. The van der Waals surface area contributed by atoms with E-state index in [1.807, 2.05) is 68.1 Å². The quantitative estimate of drug-likeness (QED) is 0.149. The number of β-amino-alcohol motifs (C(OH)–C–C–N with tert-alkyl or cyclic N) is 1. The average molecular weight is 681 g/mol. The van der Waals surface area contributed by atoms with Gasteiger partial charge in [0.1, 0.15) is 30.1 Å². The number of carbonyl (C=O) groups is 2. The summed E-state index contributed by atoms with van der Waals surface area (Å²) in [4.78, 5) is 35.5. The second-order valence-electron chi connectivity index (χ2n) is 14.2. The van der Waals surface area contributed by atoms with Crippen LogP contribution in [0.3, 0.4) is 0 Å². The first-order valence-electron chi connectivity index (χ1n) is 17.9. The number of rotatable bonds is 15. The summed E-state index contributed by atoms with van der Waals surface area (Å²) in [6.07, 6.45) is 5.83. The Morgan fingerprint density at radius 2 is 1.54 bits per heavy atom. The molecule has 2 N–H and O–H groups in total. The van der Waals surface area contributed by atoms with E-state index in [9.17, 15) is 14.7 Å². The topological polar surface area (TPSA) is 104 Å². The van der Waals surface area contributed by atoms with Crippen molar-refractivity contribution < 1.29 is 24.2 Å². The van der Waals surface area contributed by atoms with E-state index in [0.717, 1.165) is 49.4 Å². The molecular formula is C41H52N4O5. The Bertz CT molecular complexity index is 1590. The first-order chi connectivity index (χ1) is 24.1. The second-order valence-corrected chi connectivity index (χ2v) is 14.2. The summed E-state index contributed by atoms with van der Waals surface area (Å²) in [5, 5.41) is 15.2. The predicted octanol–water partition coefficient (Wildman–Crippen LogP) is 6.43. The van der Waals surface area contributed by atoms with Crippen molar-refractivity contribution in [3.8, 4) is 5.75 Å². The minimum Gasteiger partial charge on any atom is -0.490 e. The molecule has 1 saturated heterocycles. The number of aromatic nitrogens is 1. The fourth-order valence-corrected chi connectivity index (χ4v) is 6.49. The lowest BCUT2D eigenvalue weighted by molar-refractivity contribution is -0.130. The van der Waals surface area contributed by atoms with Crippen LogP contribution in [0.1, 0.15) is 57.6 Å². The maximum absolute atomic E-state index is 14.1. The number of pyridine rings is 1. The van der Waals surface area contributed by atoms with Gasteiger partial charge < -0.3 is 19.9 Å². The normalized spacial score (nSPS) is 15.9. The molecule has 4 aromatic rings. The lowest BCUT2D eigenvalue weighted by Crippen LogP contribution is -2.62. The molecule has 2 heterocycles. The van der Waals surface area contributed by atoms with Gasteiger partial charge in [0, 0.05) is 43.8 Å². The summed E-state index contributed by atoms with van der Waals surface area (Å²) in [6.45, 7) is 6.95. The highest BCUT2D eigenvalue weighted by Gasteiger charge is 2.38. The molecule has 2 amide bonds. The van der Waals surface area contributed by atoms with Gasteiger partial charge in [0.15, 0.2) is 0 Å². The molecule has 2 atom stereocenters. The van der Waals surface area contributed by atoms with E-state index in [1.165, 1.54) is 11.1 Å². The third-order valence-electron chi connectivity index (χ3n) is 8.97. The predicted molar refractivity (Wildman–Crippen MR) is 197 cm³/mol. The molecule has 1 aliphatic rings. The van der Waals surface area contributed by atoms with Crippen LogP contribution >= 0.6 is 0 Å². The summed E-state index contributed by atoms with van der Waals surface area (Å²) in [5.74, 6) is 0.464. The van der Waals surface area contributed by atoms with Gasteiger partial charge >= 0.3 is 6.09 Å². The summed E-state index contributed by atoms with van der Waals surface area (Å²) < 4.78 is 11.8. The van der Waals surface area contributed by atoms with E-state index in [4.69, 9.17) is 9.47 Å². The van der Waals surface area contributed by atoms with E-state index < -0.39 is 23.8 Å². The van der Waals surface area contributed by atoms with Crippen LogP contribution < -0.4 is 10.1 Å². The molecule has 0 radical (unpaired) electrons. The van der Waals surface area contributed by atoms with Crippen molar-refractivity contribution >= 4 is 22.9 Å². The molecule has 266 valence electrons. The average Bonchev–Trinajstić information content (AvgIpc) is 3.10. The number of fused-ring (bicyclic) bond motifs is 1. The highest BCUT2D eigenvalue weighted by Crippen LogP contribution is 2.24. The van der Waals surface area contributed by atoms with Crippen molar-refractivity contribution in [2.75, 3.05) is 32.8 Å². The Kier molecular flexibility index (Phi) is 13.2. The number of carbonyl (C=O) groups excluding carboxylic acids is 2. The molecule has 1 fully saturated rings. The largest absolute Gasteiger partial charge is 0.490 e. The van der Waals surface area contributed by atoms with Crippen molar-refractivity contribution in [1.29, 1.82) is 0 Å². The molecule has 3 aromatic carbocycles.